The van der Waals surface area contributed by atoms with Gasteiger partial charge in [0.1, 0.15) is 11.6 Å². The van der Waals surface area contributed by atoms with Crippen molar-refractivity contribution in [1.29, 1.82) is 0 Å². The molecule has 1 heterocycles. The van der Waals surface area contributed by atoms with Gasteiger partial charge in [-0.3, -0.25) is 9.59 Å². The van der Waals surface area contributed by atoms with Gasteiger partial charge in [0, 0.05) is 12.1 Å². The van der Waals surface area contributed by atoms with Crippen LogP contribution in [0.25, 0.3) is 5.76 Å². The van der Waals surface area contributed by atoms with Crippen molar-refractivity contribution in [2.75, 3.05) is 20.8 Å². The van der Waals surface area contributed by atoms with E-state index in [0.717, 1.165) is 17.5 Å². The summed E-state index contributed by atoms with van der Waals surface area (Å²) in [6, 6.07) is 17.5. The van der Waals surface area contributed by atoms with Gasteiger partial charge in [-0.2, -0.15) is 0 Å². The normalized spacial score (nSPS) is 16.9. The fourth-order valence-electron chi connectivity index (χ4n) is 4.44. The summed E-state index contributed by atoms with van der Waals surface area (Å²) in [5, 5.41) is 11.1. The number of aliphatic hydroxyl groups excluding tert-OH is 1. The summed E-state index contributed by atoms with van der Waals surface area (Å²) in [5.74, 6) is -1.09. The fourth-order valence-corrected chi connectivity index (χ4v) is 4.44. The Morgan fingerprint density at radius 1 is 0.917 bits per heavy atom. The van der Waals surface area contributed by atoms with Gasteiger partial charge in [0.15, 0.2) is 11.5 Å². The summed E-state index contributed by atoms with van der Waals surface area (Å²) >= 11 is 0. The summed E-state index contributed by atoms with van der Waals surface area (Å²) in [4.78, 5) is 27.8. The number of benzene rings is 3. The first-order valence-corrected chi connectivity index (χ1v) is 11.7. The van der Waals surface area contributed by atoms with Gasteiger partial charge in [-0.15, -0.1) is 0 Å². The van der Waals surface area contributed by atoms with Crippen molar-refractivity contribution < 1.29 is 28.6 Å². The quantitative estimate of drug-likeness (QED) is 0.272. The van der Waals surface area contributed by atoms with Crippen molar-refractivity contribution in [3.63, 3.8) is 0 Å². The lowest BCUT2D eigenvalue weighted by molar-refractivity contribution is -0.139. The molecule has 7 heteroatoms. The number of ether oxygens (including phenoxy) is 2. The highest BCUT2D eigenvalue weighted by Gasteiger charge is 2.45. The Hall–Kier alpha value is -4.13. The number of carbonyl (C=O) groups excluding carboxylic acids is 2. The van der Waals surface area contributed by atoms with Crippen LogP contribution < -0.4 is 9.47 Å². The molecule has 0 aromatic heterocycles. The van der Waals surface area contributed by atoms with Gasteiger partial charge in [-0.05, 0) is 65.9 Å². The smallest absolute Gasteiger partial charge is 0.295 e. The SMILES string of the molecule is CCc1ccc([C@@H]2C(=C(O)c3ccc(F)cc3)C(=O)C(=O)N2CCc2ccc(OC)c(OC)c2)cc1. The van der Waals surface area contributed by atoms with Gasteiger partial charge in [-0.25, -0.2) is 4.39 Å². The number of hydrogen-bond donors (Lipinski definition) is 1. The number of nitrogens with zero attached hydrogens (tertiary/aromatic N) is 1. The van der Waals surface area contributed by atoms with Crippen molar-refractivity contribution in [3.05, 3.63) is 100 Å². The molecule has 1 amide bonds. The van der Waals surface area contributed by atoms with Crippen molar-refractivity contribution >= 4 is 17.4 Å². The molecule has 1 atom stereocenters. The predicted molar refractivity (Wildman–Crippen MR) is 134 cm³/mol. The third kappa shape index (κ3) is 4.82. The molecule has 1 saturated heterocycles. The third-order valence-electron chi connectivity index (χ3n) is 6.45. The van der Waals surface area contributed by atoms with Crippen molar-refractivity contribution in [1.82, 2.24) is 4.90 Å². The largest absolute Gasteiger partial charge is 0.507 e. The van der Waals surface area contributed by atoms with Gasteiger partial charge in [-0.1, -0.05) is 37.3 Å². The molecule has 0 aliphatic carbocycles. The first kappa shape index (κ1) is 25.0. The second-order valence-corrected chi connectivity index (χ2v) is 8.53. The molecule has 1 N–H and O–H groups in total. The number of rotatable bonds is 8. The van der Waals surface area contributed by atoms with E-state index < -0.39 is 23.5 Å². The zero-order valence-corrected chi connectivity index (χ0v) is 20.5. The van der Waals surface area contributed by atoms with E-state index in [4.69, 9.17) is 9.47 Å². The summed E-state index contributed by atoms with van der Waals surface area (Å²) in [5.41, 5.74) is 2.97. The Labute approximate surface area is 209 Å². The molecule has 1 fully saturated rings. The average molecular weight is 490 g/mol. The number of amides is 1. The monoisotopic (exact) mass is 489 g/mol. The third-order valence-corrected chi connectivity index (χ3v) is 6.45. The maximum atomic E-state index is 13.5. The van der Waals surface area contributed by atoms with Crippen molar-refractivity contribution in [2.45, 2.75) is 25.8 Å². The molecule has 0 radical (unpaired) electrons. The number of methoxy groups -OCH3 is 2. The molecule has 3 aromatic rings. The topological polar surface area (TPSA) is 76.1 Å². The van der Waals surface area contributed by atoms with Gasteiger partial charge < -0.3 is 19.5 Å². The molecular formula is C29H28FNO5. The van der Waals surface area contributed by atoms with E-state index in [1.54, 1.807) is 20.3 Å². The van der Waals surface area contributed by atoms with E-state index in [1.165, 1.54) is 29.2 Å². The lowest BCUT2D eigenvalue weighted by Crippen LogP contribution is -2.31. The molecule has 1 aliphatic rings. The Balaban J connectivity index is 1.74. The lowest BCUT2D eigenvalue weighted by Gasteiger charge is -2.25. The Bertz CT molecular complexity index is 1300. The molecule has 0 bridgehead atoms. The number of ketones is 1. The fraction of sp³-hybridized carbons (Fsp3) is 0.241. The van der Waals surface area contributed by atoms with E-state index >= 15 is 0 Å². The van der Waals surface area contributed by atoms with E-state index in [-0.39, 0.29) is 23.4 Å². The lowest BCUT2D eigenvalue weighted by atomic mass is 9.94. The first-order valence-electron chi connectivity index (χ1n) is 11.7. The first-order chi connectivity index (χ1) is 17.4. The molecular weight excluding hydrogens is 461 g/mol. The number of carbonyl (C=O) groups is 2. The molecule has 1 aliphatic heterocycles. The zero-order valence-electron chi connectivity index (χ0n) is 20.5. The van der Waals surface area contributed by atoms with Gasteiger partial charge >= 0.3 is 0 Å². The second kappa shape index (κ2) is 10.6. The van der Waals surface area contributed by atoms with Crippen LogP contribution in [0.5, 0.6) is 11.5 Å². The number of hydrogen-bond acceptors (Lipinski definition) is 5. The summed E-state index contributed by atoms with van der Waals surface area (Å²) in [7, 11) is 3.11. The van der Waals surface area contributed by atoms with Crippen LogP contribution in [-0.2, 0) is 22.4 Å². The van der Waals surface area contributed by atoms with E-state index in [9.17, 15) is 19.1 Å². The van der Waals surface area contributed by atoms with Gasteiger partial charge in [0.2, 0.25) is 0 Å². The summed E-state index contributed by atoms with van der Waals surface area (Å²) in [6.45, 7) is 2.28. The molecule has 186 valence electrons. The standard InChI is InChI=1S/C29H28FNO5/c1-4-18-5-8-20(9-6-18)26-25(27(32)21-10-12-22(30)13-11-21)28(33)29(34)31(26)16-15-19-7-14-23(35-2)24(17-19)36-3/h5-14,17,26,32H,4,15-16H2,1-3H3/t26-/m1/s1. The van der Waals surface area contributed by atoms with Crippen LogP contribution in [0.1, 0.15) is 35.2 Å². The maximum absolute atomic E-state index is 13.5. The van der Waals surface area contributed by atoms with Crippen molar-refractivity contribution in [2.24, 2.45) is 0 Å². The molecule has 0 unspecified atom stereocenters. The number of halogens is 1. The Morgan fingerprint density at radius 2 is 1.56 bits per heavy atom. The van der Waals surface area contributed by atoms with E-state index in [1.807, 2.05) is 43.3 Å². The number of likely N-dealkylation sites (tertiary alicyclic amines) is 1. The predicted octanol–water partition coefficient (Wildman–Crippen LogP) is 5.07. The molecule has 6 nitrogen and oxygen atoms in total. The number of aryl methyl sites for hydroxylation is 1. The second-order valence-electron chi connectivity index (χ2n) is 8.53. The van der Waals surface area contributed by atoms with Crippen molar-refractivity contribution in [3.8, 4) is 11.5 Å². The van der Waals surface area contributed by atoms with Crippen LogP contribution in [0.4, 0.5) is 4.39 Å². The molecule has 36 heavy (non-hydrogen) atoms. The van der Waals surface area contributed by atoms with E-state index in [2.05, 4.69) is 0 Å². The van der Waals surface area contributed by atoms with Gasteiger partial charge in [0.25, 0.3) is 11.7 Å². The highest BCUT2D eigenvalue weighted by molar-refractivity contribution is 6.46. The molecule has 3 aromatic carbocycles. The molecule has 0 spiro atoms. The number of Topliss-reactive ketones (excluding diaryl/α,β-unsaturated/α-hetero) is 1. The molecule has 4 rings (SSSR count). The van der Waals surface area contributed by atoms with Gasteiger partial charge in [0.05, 0.1) is 25.8 Å². The highest BCUT2D eigenvalue weighted by Crippen LogP contribution is 2.40. The number of aliphatic hydroxyl groups is 1. The van der Waals surface area contributed by atoms with Crippen LogP contribution in [0.15, 0.2) is 72.3 Å². The van der Waals surface area contributed by atoms with E-state index in [0.29, 0.717) is 23.5 Å². The minimum absolute atomic E-state index is 0.0110. The van der Waals surface area contributed by atoms with Crippen LogP contribution in [-0.4, -0.2) is 42.5 Å². The van der Waals surface area contributed by atoms with Crippen LogP contribution in [0.3, 0.4) is 0 Å². The van der Waals surface area contributed by atoms with Crippen LogP contribution in [0.2, 0.25) is 0 Å². The Kier molecular flexibility index (Phi) is 7.38. The van der Waals surface area contributed by atoms with Crippen LogP contribution >= 0.6 is 0 Å². The summed E-state index contributed by atoms with van der Waals surface area (Å²) < 4.78 is 24.1. The minimum Gasteiger partial charge on any atom is -0.507 e. The highest BCUT2D eigenvalue weighted by atomic mass is 19.1. The Morgan fingerprint density at radius 3 is 2.17 bits per heavy atom. The minimum atomic E-state index is -0.777. The average Bonchev–Trinajstić information content (AvgIpc) is 3.16. The zero-order chi connectivity index (χ0) is 25.8. The maximum Gasteiger partial charge on any atom is 0.295 e. The summed E-state index contributed by atoms with van der Waals surface area (Å²) in [6.07, 6.45) is 1.29. The molecule has 0 saturated carbocycles. The van der Waals surface area contributed by atoms with Crippen LogP contribution in [0, 0.1) is 5.82 Å².